The normalized spacial score (nSPS) is 25.1. The predicted octanol–water partition coefficient (Wildman–Crippen LogP) is 1.07. The van der Waals surface area contributed by atoms with E-state index in [1.54, 1.807) is 0 Å². The van der Waals surface area contributed by atoms with Gasteiger partial charge in [0.15, 0.2) is 0 Å². The number of anilines is 1. The summed E-state index contributed by atoms with van der Waals surface area (Å²) in [6, 6.07) is 0. The van der Waals surface area contributed by atoms with Gasteiger partial charge in [-0.05, 0) is 30.4 Å². The number of hydrogen-bond donors (Lipinski definition) is 1. The molecule has 1 aliphatic heterocycles. The quantitative estimate of drug-likeness (QED) is 0.828. The Kier molecular flexibility index (Phi) is 3.39. The van der Waals surface area contributed by atoms with Crippen molar-refractivity contribution in [3.63, 3.8) is 0 Å². The first-order valence-corrected chi connectivity index (χ1v) is 5.96. The van der Waals surface area contributed by atoms with Gasteiger partial charge in [0.2, 0.25) is 5.95 Å². The van der Waals surface area contributed by atoms with Crippen molar-refractivity contribution < 1.29 is 0 Å². The summed E-state index contributed by atoms with van der Waals surface area (Å²) in [5.41, 5.74) is 6.61. The summed E-state index contributed by atoms with van der Waals surface area (Å²) in [7, 11) is 0. The van der Waals surface area contributed by atoms with E-state index in [0.29, 0.717) is 6.54 Å². The van der Waals surface area contributed by atoms with Crippen LogP contribution in [0.2, 0.25) is 0 Å². The lowest BCUT2D eigenvalue weighted by atomic mass is 10.0. The van der Waals surface area contributed by atoms with Crippen molar-refractivity contribution in [3.8, 4) is 0 Å². The third kappa shape index (κ3) is 2.32. The van der Waals surface area contributed by atoms with E-state index in [-0.39, 0.29) is 0 Å². The molecule has 2 heterocycles. The number of nitrogens with two attached hydrogens (primary N) is 1. The van der Waals surface area contributed by atoms with Crippen LogP contribution in [-0.2, 0) is 6.42 Å². The number of aromatic nitrogens is 2. The molecule has 2 atom stereocenters. The number of hydrogen-bond acceptors (Lipinski definition) is 4. The molecule has 1 saturated heterocycles. The van der Waals surface area contributed by atoms with Crippen molar-refractivity contribution >= 4 is 5.95 Å². The van der Waals surface area contributed by atoms with E-state index in [2.05, 4.69) is 28.7 Å². The topological polar surface area (TPSA) is 55.0 Å². The zero-order chi connectivity index (χ0) is 11.5. The molecule has 2 rings (SSSR count). The van der Waals surface area contributed by atoms with Crippen LogP contribution in [0.3, 0.4) is 0 Å². The fourth-order valence-electron chi connectivity index (χ4n) is 2.10. The van der Waals surface area contributed by atoms with Crippen molar-refractivity contribution in [2.24, 2.45) is 17.6 Å². The molecular formula is C12H20N4. The molecule has 1 aromatic heterocycles. The van der Waals surface area contributed by atoms with Gasteiger partial charge >= 0.3 is 0 Å². The molecule has 0 saturated carbocycles. The minimum Gasteiger partial charge on any atom is -0.340 e. The van der Waals surface area contributed by atoms with E-state index in [9.17, 15) is 0 Å². The standard InChI is InChI=1S/C12H20N4/c1-9-7-16(8-10(9)2)12-14-5-11(3-4-13)6-15-12/h5-6,9-10H,3-4,7-8,13H2,1-2H3. The van der Waals surface area contributed by atoms with Gasteiger partial charge in [0.25, 0.3) is 0 Å². The first-order chi connectivity index (χ1) is 7.70. The summed E-state index contributed by atoms with van der Waals surface area (Å²) in [5, 5.41) is 0. The van der Waals surface area contributed by atoms with Crippen LogP contribution in [0.5, 0.6) is 0 Å². The van der Waals surface area contributed by atoms with Crippen LogP contribution in [0.1, 0.15) is 19.4 Å². The monoisotopic (exact) mass is 220 g/mol. The van der Waals surface area contributed by atoms with E-state index in [4.69, 9.17) is 5.73 Å². The van der Waals surface area contributed by atoms with Gasteiger partial charge in [0, 0.05) is 25.5 Å². The average molecular weight is 220 g/mol. The summed E-state index contributed by atoms with van der Waals surface area (Å²) in [6.07, 6.45) is 4.64. The van der Waals surface area contributed by atoms with Crippen LogP contribution in [0.15, 0.2) is 12.4 Å². The molecule has 1 fully saturated rings. The molecule has 1 aliphatic rings. The summed E-state index contributed by atoms with van der Waals surface area (Å²) >= 11 is 0. The van der Waals surface area contributed by atoms with Crippen molar-refractivity contribution in [3.05, 3.63) is 18.0 Å². The van der Waals surface area contributed by atoms with Crippen molar-refractivity contribution in [1.29, 1.82) is 0 Å². The van der Waals surface area contributed by atoms with Crippen molar-refractivity contribution in [2.75, 3.05) is 24.5 Å². The Bertz CT molecular complexity index is 325. The van der Waals surface area contributed by atoms with Crippen LogP contribution < -0.4 is 10.6 Å². The Morgan fingerprint density at radius 3 is 2.31 bits per heavy atom. The van der Waals surface area contributed by atoms with E-state index < -0.39 is 0 Å². The van der Waals surface area contributed by atoms with Crippen LogP contribution in [0.4, 0.5) is 5.95 Å². The van der Waals surface area contributed by atoms with Gasteiger partial charge in [-0.25, -0.2) is 9.97 Å². The maximum atomic E-state index is 5.49. The zero-order valence-corrected chi connectivity index (χ0v) is 10.1. The van der Waals surface area contributed by atoms with Gasteiger partial charge in [-0.1, -0.05) is 13.8 Å². The fourth-order valence-corrected chi connectivity index (χ4v) is 2.10. The molecule has 0 aliphatic carbocycles. The molecule has 1 aromatic rings. The highest BCUT2D eigenvalue weighted by atomic mass is 15.3. The van der Waals surface area contributed by atoms with Crippen LogP contribution in [0.25, 0.3) is 0 Å². The molecule has 2 unspecified atom stereocenters. The predicted molar refractivity (Wildman–Crippen MR) is 65.3 cm³/mol. The molecule has 4 nitrogen and oxygen atoms in total. The second kappa shape index (κ2) is 4.78. The van der Waals surface area contributed by atoms with Crippen LogP contribution in [0, 0.1) is 11.8 Å². The second-order valence-corrected chi connectivity index (χ2v) is 4.79. The number of nitrogens with zero attached hydrogens (tertiary/aromatic N) is 3. The maximum Gasteiger partial charge on any atom is 0.225 e. The van der Waals surface area contributed by atoms with E-state index in [1.807, 2.05) is 12.4 Å². The highest BCUT2D eigenvalue weighted by Gasteiger charge is 2.27. The Hall–Kier alpha value is -1.16. The summed E-state index contributed by atoms with van der Waals surface area (Å²) in [4.78, 5) is 11.1. The zero-order valence-electron chi connectivity index (χ0n) is 10.1. The largest absolute Gasteiger partial charge is 0.340 e. The lowest BCUT2D eigenvalue weighted by molar-refractivity contribution is 0.494. The molecule has 0 aromatic carbocycles. The minimum absolute atomic E-state index is 0.653. The minimum atomic E-state index is 0.653. The third-order valence-electron chi connectivity index (χ3n) is 3.40. The molecule has 2 N–H and O–H groups in total. The lowest BCUT2D eigenvalue weighted by Gasteiger charge is -2.15. The molecule has 0 radical (unpaired) electrons. The average Bonchev–Trinajstić information content (AvgIpc) is 2.61. The van der Waals surface area contributed by atoms with E-state index in [1.165, 1.54) is 0 Å². The lowest BCUT2D eigenvalue weighted by Crippen LogP contribution is -2.22. The number of rotatable bonds is 3. The van der Waals surface area contributed by atoms with Gasteiger partial charge in [-0.2, -0.15) is 0 Å². The van der Waals surface area contributed by atoms with Gasteiger partial charge in [0.05, 0.1) is 0 Å². The second-order valence-electron chi connectivity index (χ2n) is 4.79. The van der Waals surface area contributed by atoms with Crippen LogP contribution in [-0.4, -0.2) is 29.6 Å². The fraction of sp³-hybridized carbons (Fsp3) is 0.667. The van der Waals surface area contributed by atoms with Crippen LogP contribution >= 0.6 is 0 Å². The first kappa shape index (κ1) is 11.3. The highest BCUT2D eigenvalue weighted by Crippen LogP contribution is 2.24. The first-order valence-electron chi connectivity index (χ1n) is 5.96. The van der Waals surface area contributed by atoms with Gasteiger partial charge < -0.3 is 10.6 Å². The molecule has 0 spiro atoms. The summed E-state index contributed by atoms with van der Waals surface area (Å²) < 4.78 is 0. The van der Waals surface area contributed by atoms with Gasteiger partial charge in [-0.3, -0.25) is 0 Å². The molecular weight excluding hydrogens is 200 g/mol. The third-order valence-corrected chi connectivity index (χ3v) is 3.40. The Morgan fingerprint density at radius 1 is 1.25 bits per heavy atom. The Balaban J connectivity index is 2.05. The van der Waals surface area contributed by atoms with Crippen molar-refractivity contribution in [2.45, 2.75) is 20.3 Å². The smallest absolute Gasteiger partial charge is 0.225 e. The molecule has 4 heteroatoms. The molecule has 16 heavy (non-hydrogen) atoms. The Labute approximate surface area is 96.9 Å². The summed E-state index contributed by atoms with van der Waals surface area (Å²) in [5.74, 6) is 2.32. The molecule has 0 bridgehead atoms. The van der Waals surface area contributed by atoms with Crippen molar-refractivity contribution in [1.82, 2.24) is 9.97 Å². The molecule has 0 amide bonds. The summed E-state index contributed by atoms with van der Waals surface area (Å²) in [6.45, 7) is 7.36. The van der Waals surface area contributed by atoms with Gasteiger partial charge in [-0.15, -0.1) is 0 Å². The van der Waals surface area contributed by atoms with E-state index in [0.717, 1.165) is 42.9 Å². The maximum absolute atomic E-state index is 5.49. The Morgan fingerprint density at radius 2 is 1.81 bits per heavy atom. The highest BCUT2D eigenvalue weighted by molar-refractivity contribution is 5.32. The van der Waals surface area contributed by atoms with Gasteiger partial charge in [0.1, 0.15) is 0 Å². The molecule has 88 valence electrons. The SMILES string of the molecule is CC1CN(c2ncc(CCN)cn2)CC1C. The van der Waals surface area contributed by atoms with E-state index >= 15 is 0 Å².